The molecular weight excluding hydrogens is 487 g/mol. The number of nitrogens with zero attached hydrogens (tertiary/aromatic N) is 6. The third-order valence-corrected chi connectivity index (χ3v) is 7.39. The van der Waals surface area contributed by atoms with Crippen LogP contribution in [0, 0.1) is 0 Å². The highest BCUT2D eigenvalue weighted by molar-refractivity contribution is 5.81. The Morgan fingerprint density at radius 1 is 1.19 bits per heavy atom. The Labute approximate surface area is 213 Å². The molecule has 2 N–H and O–H groups in total. The van der Waals surface area contributed by atoms with Gasteiger partial charge in [0, 0.05) is 61.7 Å². The molecule has 1 aliphatic heterocycles. The van der Waals surface area contributed by atoms with Crippen LogP contribution in [0.1, 0.15) is 56.7 Å². The van der Waals surface area contributed by atoms with E-state index in [2.05, 4.69) is 21.5 Å². The van der Waals surface area contributed by atoms with Crippen LogP contribution < -0.4 is 5.32 Å². The summed E-state index contributed by atoms with van der Waals surface area (Å²) in [6.07, 6.45) is 3.69. The molecule has 1 atom stereocenters. The minimum absolute atomic E-state index is 0.0222. The Kier molecular flexibility index (Phi) is 7.42. The maximum atomic E-state index is 12.5. The van der Waals surface area contributed by atoms with E-state index in [1.807, 2.05) is 28.5 Å². The number of halogens is 3. The summed E-state index contributed by atoms with van der Waals surface area (Å²) in [4.78, 5) is 6.34. The number of rotatable bonds is 9. The maximum Gasteiger partial charge on any atom is 0.390 e. The van der Waals surface area contributed by atoms with E-state index in [9.17, 15) is 18.3 Å². The van der Waals surface area contributed by atoms with E-state index in [1.54, 1.807) is 18.2 Å². The minimum Gasteiger partial charge on any atom is -0.393 e. The van der Waals surface area contributed by atoms with E-state index in [0.717, 1.165) is 48.0 Å². The fourth-order valence-electron chi connectivity index (χ4n) is 5.34. The quantitative estimate of drug-likeness (QED) is 0.442. The van der Waals surface area contributed by atoms with E-state index >= 15 is 0 Å². The lowest BCUT2D eigenvalue weighted by molar-refractivity contribution is -0.141. The molecule has 0 aromatic carbocycles. The van der Waals surface area contributed by atoms with Gasteiger partial charge in [0.2, 0.25) is 5.95 Å². The van der Waals surface area contributed by atoms with Gasteiger partial charge in [0.1, 0.15) is 0 Å². The zero-order valence-corrected chi connectivity index (χ0v) is 21.2. The van der Waals surface area contributed by atoms with Gasteiger partial charge in [-0.15, -0.1) is 5.10 Å². The molecule has 9 nitrogen and oxygen atoms in total. The lowest BCUT2D eigenvalue weighted by Crippen LogP contribution is -2.48. The number of aromatic nitrogens is 5. The van der Waals surface area contributed by atoms with E-state index < -0.39 is 12.6 Å². The molecule has 2 aliphatic rings. The fraction of sp³-hybridized carbons (Fsp3) is 0.640. The van der Waals surface area contributed by atoms with E-state index in [-0.39, 0.29) is 30.7 Å². The number of aliphatic hydroxyl groups excluding tert-OH is 1. The number of hydrogen-bond acceptors (Lipinski definition) is 7. The average Bonchev–Trinajstić information content (AvgIpc) is 3.43. The molecule has 5 rings (SSSR count). The molecule has 12 heteroatoms. The second kappa shape index (κ2) is 10.6. The highest BCUT2D eigenvalue weighted by Crippen LogP contribution is 2.38. The summed E-state index contributed by atoms with van der Waals surface area (Å²) < 4.78 is 46.6. The number of nitrogens with one attached hydrogen (secondary N) is 1. The van der Waals surface area contributed by atoms with Gasteiger partial charge < -0.3 is 15.2 Å². The van der Waals surface area contributed by atoms with Gasteiger partial charge in [-0.3, -0.25) is 9.58 Å². The Morgan fingerprint density at radius 3 is 2.65 bits per heavy atom. The van der Waals surface area contributed by atoms with Gasteiger partial charge in [0.05, 0.1) is 43.1 Å². The molecule has 202 valence electrons. The number of methoxy groups -OCH3 is 1. The van der Waals surface area contributed by atoms with Crippen LogP contribution in [0.25, 0.3) is 16.6 Å². The normalized spacial score (nSPS) is 22.3. The van der Waals surface area contributed by atoms with Crippen molar-refractivity contribution in [1.29, 1.82) is 0 Å². The Morgan fingerprint density at radius 2 is 1.95 bits per heavy atom. The zero-order valence-electron chi connectivity index (χ0n) is 21.2. The molecule has 2 fully saturated rings. The predicted molar refractivity (Wildman–Crippen MR) is 133 cm³/mol. The third kappa shape index (κ3) is 5.91. The van der Waals surface area contributed by atoms with Crippen LogP contribution in [0.3, 0.4) is 0 Å². The first kappa shape index (κ1) is 25.9. The van der Waals surface area contributed by atoms with Gasteiger partial charge in [-0.25, -0.2) is 9.50 Å². The van der Waals surface area contributed by atoms with Crippen molar-refractivity contribution in [2.75, 3.05) is 38.7 Å². The summed E-state index contributed by atoms with van der Waals surface area (Å²) in [5.74, 6) is 0.785. The molecule has 0 unspecified atom stereocenters. The Balaban J connectivity index is 1.38. The zero-order chi connectivity index (χ0) is 26.2. The third-order valence-electron chi connectivity index (χ3n) is 7.39. The summed E-state index contributed by atoms with van der Waals surface area (Å²) in [5.41, 5.74) is 3.84. The molecule has 1 saturated carbocycles. The van der Waals surface area contributed by atoms with Crippen molar-refractivity contribution in [2.24, 2.45) is 0 Å². The lowest BCUT2D eigenvalue weighted by Gasteiger charge is -2.39. The van der Waals surface area contributed by atoms with E-state index in [0.29, 0.717) is 25.6 Å². The van der Waals surface area contributed by atoms with Gasteiger partial charge in [-0.2, -0.15) is 18.3 Å². The molecule has 0 bridgehead atoms. The number of likely N-dealkylation sites (tertiary alicyclic amines) is 1. The van der Waals surface area contributed by atoms with Gasteiger partial charge in [-0.1, -0.05) is 0 Å². The number of alkyl halides is 3. The summed E-state index contributed by atoms with van der Waals surface area (Å²) in [6.45, 7) is 3.66. The van der Waals surface area contributed by atoms with Crippen LogP contribution in [0.4, 0.5) is 19.1 Å². The van der Waals surface area contributed by atoms with Crippen molar-refractivity contribution in [3.8, 4) is 11.1 Å². The number of anilines is 1. The van der Waals surface area contributed by atoms with Gasteiger partial charge >= 0.3 is 6.18 Å². The van der Waals surface area contributed by atoms with Crippen LogP contribution in [-0.4, -0.2) is 86.1 Å². The van der Waals surface area contributed by atoms with Crippen molar-refractivity contribution in [3.05, 3.63) is 30.4 Å². The maximum absolute atomic E-state index is 12.5. The molecule has 37 heavy (non-hydrogen) atoms. The summed E-state index contributed by atoms with van der Waals surface area (Å²) in [5, 5.41) is 22.6. The number of aliphatic hydroxyl groups is 1. The van der Waals surface area contributed by atoms with Crippen molar-refractivity contribution in [2.45, 2.75) is 69.3 Å². The Hall–Kier alpha value is -2.70. The van der Waals surface area contributed by atoms with Crippen LogP contribution in [0.2, 0.25) is 0 Å². The second-order valence-corrected chi connectivity index (χ2v) is 10.4. The highest BCUT2D eigenvalue weighted by Gasteiger charge is 2.34. The van der Waals surface area contributed by atoms with Crippen LogP contribution in [0.5, 0.6) is 0 Å². The van der Waals surface area contributed by atoms with Crippen molar-refractivity contribution >= 4 is 11.5 Å². The summed E-state index contributed by atoms with van der Waals surface area (Å²) in [6, 6.07) is 2.25. The molecule has 0 amide bonds. The second-order valence-electron chi connectivity index (χ2n) is 10.4. The van der Waals surface area contributed by atoms with Crippen molar-refractivity contribution in [1.82, 2.24) is 29.3 Å². The molecule has 0 spiro atoms. The predicted octanol–water partition coefficient (Wildman–Crippen LogP) is 3.87. The summed E-state index contributed by atoms with van der Waals surface area (Å²) >= 11 is 0. The smallest absolute Gasteiger partial charge is 0.390 e. The highest BCUT2D eigenvalue weighted by atomic mass is 19.4. The number of fused-ring (bicyclic) bond motifs is 1. The summed E-state index contributed by atoms with van der Waals surface area (Å²) in [7, 11) is 1.65. The monoisotopic (exact) mass is 521 g/mol. The van der Waals surface area contributed by atoms with Gasteiger partial charge in [-0.05, 0) is 38.7 Å². The Bertz CT molecular complexity index is 1200. The fourth-order valence-corrected chi connectivity index (χ4v) is 5.34. The molecule has 4 heterocycles. The first-order chi connectivity index (χ1) is 17.7. The molecule has 1 aliphatic carbocycles. The van der Waals surface area contributed by atoms with Crippen molar-refractivity contribution in [3.63, 3.8) is 0 Å². The molecule has 1 saturated heterocycles. The SMILES string of the molecule is COC[C@H](C)Nc1ncc2c(-c3cnn(C4CN(CCC(F)(F)F)C4)c3)cc(C3CCC(O)CC3)n2n1. The number of ether oxygens (including phenoxy) is 1. The van der Waals surface area contributed by atoms with Crippen molar-refractivity contribution < 1.29 is 23.0 Å². The van der Waals surface area contributed by atoms with E-state index in [1.165, 1.54) is 0 Å². The first-order valence-electron chi connectivity index (χ1n) is 12.9. The first-order valence-corrected chi connectivity index (χ1v) is 12.9. The molecule has 3 aromatic heterocycles. The van der Waals surface area contributed by atoms with E-state index in [4.69, 9.17) is 9.84 Å². The topological polar surface area (TPSA) is 92.7 Å². The molecular formula is C25H34F3N7O2. The lowest BCUT2D eigenvalue weighted by atomic mass is 9.85. The van der Waals surface area contributed by atoms with Crippen LogP contribution >= 0.6 is 0 Å². The van der Waals surface area contributed by atoms with Gasteiger partial charge in [0.15, 0.2) is 0 Å². The standard InChI is InChI=1S/C25H34F3N7O2/c1-16(15-37-2)31-24-29-11-23-21(9-22(35(23)32-24)17-3-5-20(36)6-4-17)18-10-30-34(12-18)19-13-33(14-19)8-7-25(26,27)28/h9-12,16-17,19-20,36H,3-8,13-15H2,1-2H3,(H,31,32)/t16-,17?,20?/m0/s1. The van der Waals surface area contributed by atoms with Gasteiger partial charge in [0.25, 0.3) is 0 Å². The van der Waals surface area contributed by atoms with Crippen LogP contribution in [0.15, 0.2) is 24.7 Å². The average molecular weight is 522 g/mol. The molecule has 0 radical (unpaired) electrons. The largest absolute Gasteiger partial charge is 0.393 e. The minimum atomic E-state index is -4.13. The molecule has 3 aromatic rings. The number of hydrogen-bond donors (Lipinski definition) is 2. The van der Waals surface area contributed by atoms with Crippen LogP contribution in [-0.2, 0) is 4.74 Å².